The molecule has 0 amide bonds. The smallest absolute Gasteiger partial charge is 0.213 e. The third-order valence-electron chi connectivity index (χ3n) is 3.44. The van der Waals surface area contributed by atoms with Gasteiger partial charge in [0.1, 0.15) is 5.82 Å². The molecule has 3 rings (SSSR count). The van der Waals surface area contributed by atoms with Crippen LogP contribution >= 0.6 is 0 Å². The van der Waals surface area contributed by atoms with E-state index in [-0.39, 0.29) is 20.6 Å². The van der Waals surface area contributed by atoms with Gasteiger partial charge in [-0.05, 0) is 24.3 Å². The summed E-state index contributed by atoms with van der Waals surface area (Å²) < 4.78 is 39.3. The number of sulfone groups is 1. The Bertz CT molecular complexity index is 998. The molecule has 0 aliphatic rings. The lowest BCUT2D eigenvalue weighted by molar-refractivity contribution is 0.593. The summed E-state index contributed by atoms with van der Waals surface area (Å²) in [7, 11) is -5.55. The molecule has 0 aliphatic heterocycles. The lowest BCUT2D eigenvalue weighted by Gasteiger charge is -2.06. The fourth-order valence-electron chi connectivity index (χ4n) is 2.32. The topological polar surface area (TPSA) is 95.0 Å². The Morgan fingerprint density at radius 1 is 1.00 bits per heavy atom. The van der Waals surface area contributed by atoms with E-state index < -0.39 is 20.6 Å². The van der Waals surface area contributed by atoms with Gasteiger partial charge in [0.15, 0.2) is 9.92 Å². The van der Waals surface area contributed by atoms with E-state index in [1.807, 2.05) is 6.07 Å². The van der Waals surface area contributed by atoms with Crippen molar-refractivity contribution >= 4 is 26.5 Å². The van der Waals surface area contributed by atoms with Crippen molar-refractivity contribution in [3.63, 3.8) is 0 Å². The highest BCUT2D eigenvalue weighted by atomic mass is 32.2. The number of rotatable bonds is 4. The summed E-state index contributed by atoms with van der Waals surface area (Å²) in [5, 5.41) is 4.13. The van der Waals surface area contributed by atoms with Crippen LogP contribution in [0.25, 0.3) is 5.69 Å². The fourth-order valence-corrected chi connectivity index (χ4v) is 4.95. The van der Waals surface area contributed by atoms with Crippen LogP contribution in [0.3, 0.4) is 0 Å². The average Bonchev–Trinajstić information content (AvgIpc) is 2.95. The van der Waals surface area contributed by atoms with Gasteiger partial charge in [-0.25, -0.2) is 13.1 Å². The zero-order chi connectivity index (χ0) is 17.3. The minimum atomic E-state index is -3.93. The molecule has 1 heterocycles. The molecule has 1 aromatic heterocycles. The van der Waals surface area contributed by atoms with Crippen molar-refractivity contribution < 1.29 is 12.6 Å². The highest BCUT2D eigenvalue weighted by Crippen LogP contribution is 2.32. The molecule has 1 atom stereocenters. The number of aromatic nitrogens is 2. The first kappa shape index (κ1) is 16.4. The molecule has 0 fully saturated rings. The van der Waals surface area contributed by atoms with E-state index in [0.717, 1.165) is 0 Å². The zero-order valence-corrected chi connectivity index (χ0v) is 14.4. The van der Waals surface area contributed by atoms with Crippen LogP contribution in [0.5, 0.6) is 0 Å². The van der Waals surface area contributed by atoms with Gasteiger partial charge >= 0.3 is 0 Å². The van der Waals surface area contributed by atoms with Gasteiger partial charge in [-0.1, -0.05) is 36.4 Å². The van der Waals surface area contributed by atoms with Crippen molar-refractivity contribution in [2.75, 3.05) is 12.0 Å². The maximum absolute atomic E-state index is 13.0. The van der Waals surface area contributed by atoms with E-state index in [0.29, 0.717) is 5.69 Å². The Morgan fingerprint density at radius 3 is 2.08 bits per heavy atom. The second-order valence-electron chi connectivity index (χ2n) is 5.04. The summed E-state index contributed by atoms with van der Waals surface area (Å²) in [6, 6.07) is 16.8. The molecular weight excluding hydrogens is 346 g/mol. The van der Waals surface area contributed by atoms with E-state index in [2.05, 4.69) is 5.10 Å². The number of hydrogen-bond acceptors (Lipinski definition) is 5. The Labute approximate surface area is 142 Å². The minimum Gasteiger partial charge on any atom is -0.382 e. The number of nitrogens with zero attached hydrogens (tertiary/aromatic N) is 2. The van der Waals surface area contributed by atoms with E-state index >= 15 is 0 Å². The Kier molecular flexibility index (Phi) is 4.25. The number of hydrogen-bond donors (Lipinski definition) is 1. The molecule has 1 unspecified atom stereocenters. The molecular formula is C16H15N3O3S2. The Morgan fingerprint density at radius 2 is 1.54 bits per heavy atom. The molecule has 0 bridgehead atoms. The quantitative estimate of drug-likeness (QED) is 0.767. The highest BCUT2D eigenvalue weighted by Gasteiger charge is 2.31. The predicted molar refractivity (Wildman–Crippen MR) is 92.2 cm³/mol. The molecule has 24 heavy (non-hydrogen) atoms. The van der Waals surface area contributed by atoms with Crippen molar-refractivity contribution in [2.45, 2.75) is 14.8 Å². The monoisotopic (exact) mass is 361 g/mol. The number of anilines is 1. The molecule has 3 aromatic rings. The van der Waals surface area contributed by atoms with Gasteiger partial charge in [0.2, 0.25) is 9.84 Å². The lowest BCUT2D eigenvalue weighted by Crippen LogP contribution is -2.08. The number of nitrogen functional groups attached to an aromatic ring is 1. The number of benzene rings is 2. The summed E-state index contributed by atoms with van der Waals surface area (Å²) in [6.45, 7) is 0. The molecule has 124 valence electrons. The van der Waals surface area contributed by atoms with Crippen LogP contribution in [0.2, 0.25) is 0 Å². The van der Waals surface area contributed by atoms with Crippen LogP contribution in [0.15, 0.2) is 75.5 Å². The zero-order valence-electron chi connectivity index (χ0n) is 12.8. The molecule has 0 radical (unpaired) electrons. The van der Waals surface area contributed by atoms with Crippen molar-refractivity contribution in [3.8, 4) is 5.69 Å². The number of para-hydroxylation sites is 1. The third-order valence-corrected chi connectivity index (χ3v) is 6.23. The Balaban J connectivity index is 2.29. The lowest BCUT2D eigenvalue weighted by atomic mass is 10.3. The standard InChI is InChI=1S/C16H15N3O3S2/c1-23(20)16-14(24(21,22)13-10-6-3-7-11-13)15(17)19(18-16)12-8-4-2-5-9-12/h2-11H,17H2,1H3. The van der Waals surface area contributed by atoms with Crippen LogP contribution in [0, 0.1) is 0 Å². The summed E-state index contributed by atoms with van der Waals surface area (Å²) in [6.07, 6.45) is 1.38. The van der Waals surface area contributed by atoms with Crippen molar-refractivity contribution in [1.82, 2.24) is 9.78 Å². The van der Waals surface area contributed by atoms with E-state index in [1.165, 1.54) is 23.1 Å². The van der Waals surface area contributed by atoms with Crippen LogP contribution in [0.4, 0.5) is 5.82 Å². The van der Waals surface area contributed by atoms with Gasteiger partial charge in [-0.15, -0.1) is 0 Å². The fraction of sp³-hybridized carbons (Fsp3) is 0.0625. The largest absolute Gasteiger partial charge is 0.382 e. The van der Waals surface area contributed by atoms with Crippen molar-refractivity contribution in [2.24, 2.45) is 0 Å². The predicted octanol–water partition coefficient (Wildman–Crippen LogP) is 2.02. The van der Waals surface area contributed by atoms with Crippen molar-refractivity contribution in [1.29, 1.82) is 0 Å². The average molecular weight is 361 g/mol. The summed E-state index contributed by atoms with van der Waals surface area (Å²) >= 11 is 0. The molecule has 0 saturated carbocycles. The molecule has 6 nitrogen and oxygen atoms in total. The maximum Gasteiger partial charge on any atom is 0.213 e. The van der Waals surface area contributed by atoms with Gasteiger partial charge in [-0.2, -0.15) is 5.10 Å². The molecule has 0 aliphatic carbocycles. The molecule has 2 N–H and O–H groups in total. The Hall–Kier alpha value is -2.45. The van der Waals surface area contributed by atoms with Gasteiger partial charge in [0.25, 0.3) is 0 Å². The maximum atomic E-state index is 13.0. The van der Waals surface area contributed by atoms with Gasteiger partial charge in [-0.3, -0.25) is 4.21 Å². The SMILES string of the molecule is CS(=O)c1nn(-c2ccccc2)c(N)c1S(=O)(=O)c1ccccc1. The first-order valence-electron chi connectivity index (χ1n) is 7.00. The van der Waals surface area contributed by atoms with Gasteiger partial charge in [0, 0.05) is 6.26 Å². The minimum absolute atomic E-state index is 0.0554. The van der Waals surface area contributed by atoms with Crippen molar-refractivity contribution in [3.05, 3.63) is 60.7 Å². The molecule has 0 saturated heterocycles. The van der Waals surface area contributed by atoms with E-state index in [9.17, 15) is 12.6 Å². The van der Waals surface area contributed by atoms with Crippen LogP contribution < -0.4 is 5.73 Å². The van der Waals surface area contributed by atoms with Gasteiger partial charge < -0.3 is 5.73 Å². The third kappa shape index (κ3) is 2.74. The molecule has 2 aromatic carbocycles. The molecule has 0 spiro atoms. The molecule has 8 heteroatoms. The van der Waals surface area contributed by atoms with E-state index in [4.69, 9.17) is 5.73 Å². The summed E-state index contributed by atoms with van der Waals surface area (Å²) in [4.78, 5) is -0.130. The van der Waals surface area contributed by atoms with Crippen LogP contribution in [-0.2, 0) is 20.6 Å². The second-order valence-corrected chi connectivity index (χ2v) is 8.22. The second kappa shape index (κ2) is 6.21. The van der Waals surface area contributed by atoms with E-state index in [1.54, 1.807) is 42.5 Å². The first-order valence-corrected chi connectivity index (χ1v) is 10.0. The van der Waals surface area contributed by atoms with Crippen LogP contribution in [-0.4, -0.2) is 28.7 Å². The van der Waals surface area contributed by atoms with Gasteiger partial charge in [0.05, 0.1) is 21.4 Å². The first-order chi connectivity index (χ1) is 11.4. The number of nitrogens with two attached hydrogens (primary N) is 1. The summed E-state index contributed by atoms with van der Waals surface area (Å²) in [5.41, 5.74) is 6.68. The summed E-state index contributed by atoms with van der Waals surface area (Å²) in [5.74, 6) is -0.0600. The normalized spacial score (nSPS) is 12.9. The van der Waals surface area contributed by atoms with Crippen LogP contribution in [0.1, 0.15) is 0 Å². The highest BCUT2D eigenvalue weighted by molar-refractivity contribution is 7.92.